The first-order valence-electron chi connectivity index (χ1n) is 4.61. The smallest absolute Gasteiger partial charge is 0.312 e. The van der Waals surface area contributed by atoms with Crippen LogP contribution in [-0.2, 0) is 9.59 Å². The Morgan fingerprint density at radius 2 is 1.93 bits per heavy atom. The largest absolute Gasteiger partial charge is 0.481 e. The molecular weight excluding hydrogens is 186 g/mol. The summed E-state index contributed by atoms with van der Waals surface area (Å²) in [6.07, 6.45) is -0.00680. The summed E-state index contributed by atoms with van der Waals surface area (Å²) >= 11 is 0. The molecule has 0 aromatic carbocycles. The van der Waals surface area contributed by atoms with E-state index in [2.05, 4.69) is 0 Å². The molecule has 0 unspecified atom stereocenters. The highest BCUT2D eigenvalue weighted by molar-refractivity contribution is 5.93. The molecule has 0 aromatic rings. The van der Waals surface area contributed by atoms with Crippen LogP contribution in [0, 0.1) is 0 Å². The van der Waals surface area contributed by atoms with E-state index in [4.69, 9.17) is 10.2 Å². The van der Waals surface area contributed by atoms with Crippen molar-refractivity contribution < 1.29 is 19.8 Å². The van der Waals surface area contributed by atoms with Gasteiger partial charge >= 0.3 is 5.97 Å². The molecule has 0 saturated carbocycles. The molecule has 0 aromatic heterocycles. The number of amides is 1. The molecule has 0 rings (SSSR count). The predicted octanol–water partition coefficient (Wildman–Crippen LogP) is 0.0805. The van der Waals surface area contributed by atoms with Gasteiger partial charge in [0.2, 0.25) is 5.91 Å². The fraction of sp³-hybridized carbons (Fsp3) is 0.778. The van der Waals surface area contributed by atoms with E-state index in [1.54, 1.807) is 0 Å². The number of aliphatic hydroxyl groups is 1. The van der Waals surface area contributed by atoms with E-state index in [1.807, 2.05) is 13.8 Å². The molecule has 2 N–H and O–H groups in total. The third-order valence-corrected chi connectivity index (χ3v) is 1.80. The Bertz CT molecular complexity index is 203. The standard InChI is InChI=1S/C9H17NO4/c1-7(2)10(4-3-5-11)8(12)6-9(13)14/h7,11H,3-6H2,1-2H3,(H,13,14). The van der Waals surface area contributed by atoms with E-state index >= 15 is 0 Å². The molecule has 5 heteroatoms. The van der Waals surface area contributed by atoms with Gasteiger partial charge in [-0.25, -0.2) is 0 Å². The molecule has 1 amide bonds. The minimum Gasteiger partial charge on any atom is -0.481 e. The third-order valence-electron chi connectivity index (χ3n) is 1.80. The first-order chi connectivity index (χ1) is 6.49. The van der Waals surface area contributed by atoms with E-state index in [-0.39, 0.29) is 12.6 Å². The molecule has 0 heterocycles. The van der Waals surface area contributed by atoms with Crippen LogP contribution in [0.25, 0.3) is 0 Å². The SMILES string of the molecule is CC(C)N(CCCO)C(=O)CC(=O)O. The van der Waals surface area contributed by atoms with Crippen LogP contribution in [0.3, 0.4) is 0 Å². The Morgan fingerprint density at radius 3 is 2.29 bits per heavy atom. The summed E-state index contributed by atoms with van der Waals surface area (Å²) in [5.41, 5.74) is 0. The average molecular weight is 203 g/mol. The summed E-state index contributed by atoms with van der Waals surface area (Å²) in [6.45, 7) is 4.04. The van der Waals surface area contributed by atoms with Crippen molar-refractivity contribution in [3.8, 4) is 0 Å². The van der Waals surface area contributed by atoms with Crippen LogP contribution < -0.4 is 0 Å². The monoisotopic (exact) mass is 203 g/mol. The normalized spacial score (nSPS) is 10.3. The maximum Gasteiger partial charge on any atom is 0.312 e. The van der Waals surface area contributed by atoms with Gasteiger partial charge in [-0.3, -0.25) is 9.59 Å². The van der Waals surface area contributed by atoms with Crippen molar-refractivity contribution in [2.24, 2.45) is 0 Å². The molecule has 0 aliphatic rings. The van der Waals surface area contributed by atoms with Crippen molar-refractivity contribution >= 4 is 11.9 Å². The van der Waals surface area contributed by atoms with Gasteiger partial charge in [0.15, 0.2) is 0 Å². The van der Waals surface area contributed by atoms with Crippen molar-refractivity contribution in [1.82, 2.24) is 4.90 Å². The van der Waals surface area contributed by atoms with E-state index in [0.29, 0.717) is 13.0 Å². The molecule has 0 saturated heterocycles. The Labute approximate surface area is 83.3 Å². The van der Waals surface area contributed by atoms with Crippen molar-refractivity contribution in [3.05, 3.63) is 0 Å². The molecule has 5 nitrogen and oxygen atoms in total. The van der Waals surface area contributed by atoms with Crippen LogP contribution in [0.2, 0.25) is 0 Å². The number of aliphatic carboxylic acids is 1. The maximum atomic E-state index is 11.4. The van der Waals surface area contributed by atoms with Crippen molar-refractivity contribution in [3.63, 3.8) is 0 Å². The van der Waals surface area contributed by atoms with Gasteiger partial charge in [-0.1, -0.05) is 0 Å². The second-order valence-electron chi connectivity index (χ2n) is 3.33. The summed E-state index contributed by atoms with van der Waals surface area (Å²) in [6, 6.07) is -0.0339. The molecule has 0 bridgehead atoms. The number of hydrogen-bond acceptors (Lipinski definition) is 3. The van der Waals surface area contributed by atoms with E-state index in [9.17, 15) is 9.59 Å². The lowest BCUT2D eigenvalue weighted by atomic mass is 10.2. The summed E-state index contributed by atoms with van der Waals surface area (Å²) in [4.78, 5) is 23.1. The van der Waals surface area contributed by atoms with Crippen LogP contribution in [0.15, 0.2) is 0 Å². The van der Waals surface area contributed by atoms with Gasteiger partial charge in [-0.2, -0.15) is 0 Å². The van der Waals surface area contributed by atoms with Crippen LogP contribution in [0.1, 0.15) is 26.7 Å². The average Bonchev–Trinajstić information content (AvgIpc) is 2.02. The molecule has 0 spiro atoms. The van der Waals surface area contributed by atoms with Crippen molar-refractivity contribution in [2.75, 3.05) is 13.2 Å². The maximum absolute atomic E-state index is 11.4. The highest BCUT2D eigenvalue weighted by atomic mass is 16.4. The number of hydrogen-bond donors (Lipinski definition) is 2. The second kappa shape index (κ2) is 6.37. The number of carboxylic acid groups (broad SMARTS) is 1. The van der Waals surface area contributed by atoms with Crippen LogP contribution in [0.4, 0.5) is 0 Å². The number of aliphatic hydroxyl groups excluding tert-OH is 1. The lowest BCUT2D eigenvalue weighted by Gasteiger charge is -2.25. The van der Waals surface area contributed by atoms with Crippen molar-refractivity contribution in [2.45, 2.75) is 32.7 Å². The Balaban J connectivity index is 4.18. The minimum atomic E-state index is -1.12. The zero-order valence-corrected chi connectivity index (χ0v) is 8.56. The fourth-order valence-electron chi connectivity index (χ4n) is 1.14. The van der Waals surface area contributed by atoms with Gasteiger partial charge < -0.3 is 15.1 Å². The lowest BCUT2D eigenvalue weighted by Crippen LogP contribution is -2.39. The zero-order valence-electron chi connectivity index (χ0n) is 8.56. The fourth-order valence-corrected chi connectivity index (χ4v) is 1.14. The zero-order chi connectivity index (χ0) is 11.1. The Kier molecular flexibility index (Phi) is 5.87. The molecule has 0 aliphatic heterocycles. The minimum absolute atomic E-state index is 0.00354. The van der Waals surface area contributed by atoms with E-state index < -0.39 is 18.3 Å². The van der Waals surface area contributed by atoms with E-state index in [0.717, 1.165) is 0 Å². The number of carbonyl (C=O) groups is 2. The molecule has 14 heavy (non-hydrogen) atoms. The van der Waals surface area contributed by atoms with Gasteiger partial charge in [0.25, 0.3) is 0 Å². The van der Waals surface area contributed by atoms with Gasteiger partial charge in [-0.15, -0.1) is 0 Å². The first kappa shape index (κ1) is 12.9. The van der Waals surface area contributed by atoms with Gasteiger partial charge in [-0.05, 0) is 20.3 Å². The topological polar surface area (TPSA) is 77.8 Å². The van der Waals surface area contributed by atoms with E-state index in [1.165, 1.54) is 4.90 Å². The molecule has 82 valence electrons. The van der Waals surface area contributed by atoms with Crippen LogP contribution >= 0.6 is 0 Å². The highest BCUT2D eigenvalue weighted by Gasteiger charge is 2.18. The second-order valence-corrected chi connectivity index (χ2v) is 3.33. The molecule has 0 radical (unpaired) electrons. The quantitative estimate of drug-likeness (QED) is 0.599. The molecule has 0 fully saturated rings. The lowest BCUT2D eigenvalue weighted by molar-refractivity contribution is -0.145. The van der Waals surface area contributed by atoms with Gasteiger partial charge in [0.1, 0.15) is 6.42 Å². The highest BCUT2D eigenvalue weighted by Crippen LogP contribution is 2.03. The summed E-state index contributed by atoms with van der Waals surface area (Å²) < 4.78 is 0. The molecule has 0 aliphatic carbocycles. The van der Waals surface area contributed by atoms with Gasteiger partial charge in [0.05, 0.1) is 0 Å². The number of rotatable bonds is 6. The number of carbonyl (C=O) groups excluding carboxylic acids is 1. The van der Waals surface area contributed by atoms with Crippen LogP contribution in [0.5, 0.6) is 0 Å². The molecule has 0 atom stereocenters. The number of carboxylic acids is 1. The Hall–Kier alpha value is -1.10. The Morgan fingerprint density at radius 1 is 1.36 bits per heavy atom. The number of nitrogens with zero attached hydrogens (tertiary/aromatic N) is 1. The predicted molar refractivity (Wildman–Crippen MR) is 50.8 cm³/mol. The molecular formula is C9H17NO4. The van der Waals surface area contributed by atoms with Gasteiger partial charge in [0, 0.05) is 19.2 Å². The summed E-state index contributed by atoms with van der Waals surface area (Å²) in [7, 11) is 0. The third kappa shape index (κ3) is 4.81. The summed E-state index contributed by atoms with van der Waals surface area (Å²) in [5.74, 6) is -1.52. The first-order valence-corrected chi connectivity index (χ1v) is 4.61. The van der Waals surface area contributed by atoms with Crippen LogP contribution in [-0.4, -0.2) is 46.2 Å². The summed E-state index contributed by atoms with van der Waals surface area (Å²) in [5, 5.41) is 17.0. The van der Waals surface area contributed by atoms with Crippen molar-refractivity contribution in [1.29, 1.82) is 0 Å².